The Morgan fingerprint density at radius 2 is 2.42 bits per heavy atom. The lowest BCUT2D eigenvalue weighted by Gasteiger charge is -2.09. The average molecular weight is 182 g/mol. The van der Waals surface area contributed by atoms with Gasteiger partial charge in [0.25, 0.3) is 0 Å². The maximum absolute atomic E-state index is 4.22. The molecule has 0 bridgehead atoms. The second-order valence-electron chi connectivity index (χ2n) is 3.78. The smallest absolute Gasteiger partial charge is 0.0798 e. The highest BCUT2D eigenvalue weighted by atomic mass is 32.1. The molecule has 1 heterocycles. The number of thiazole rings is 1. The Morgan fingerprint density at radius 3 is 2.92 bits per heavy atom. The van der Waals surface area contributed by atoms with Gasteiger partial charge >= 0.3 is 0 Å². The summed E-state index contributed by atoms with van der Waals surface area (Å²) in [6, 6.07) is 0. The van der Waals surface area contributed by atoms with Gasteiger partial charge in [-0.15, -0.1) is 11.3 Å². The SMILES string of the molecule is Cc1ncsc1CNC1(C)CC1. The van der Waals surface area contributed by atoms with Crippen molar-refractivity contribution in [3.63, 3.8) is 0 Å². The summed E-state index contributed by atoms with van der Waals surface area (Å²) < 4.78 is 0. The van der Waals surface area contributed by atoms with E-state index in [4.69, 9.17) is 0 Å². The van der Waals surface area contributed by atoms with Crippen molar-refractivity contribution >= 4 is 11.3 Å². The van der Waals surface area contributed by atoms with Crippen molar-refractivity contribution < 1.29 is 0 Å². The third kappa shape index (κ3) is 1.67. The van der Waals surface area contributed by atoms with E-state index in [1.807, 2.05) is 5.51 Å². The maximum Gasteiger partial charge on any atom is 0.0798 e. The van der Waals surface area contributed by atoms with Gasteiger partial charge in [0.05, 0.1) is 11.2 Å². The highest BCUT2D eigenvalue weighted by Crippen LogP contribution is 2.34. The Kier molecular flexibility index (Phi) is 1.93. The molecule has 0 aromatic carbocycles. The molecule has 0 atom stereocenters. The zero-order chi connectivity index (χ0) is 8.60. The summed E-state index contributed by atoms with van der Waals surface area (Å²) in [7, 11) is 0. The number of nitrogens with one attached hydrogen (secondary N) is 1. The molecule has 66 valence electrons. The summed E-state index contributed by atoms with van der Waals surface area (Å²) in [6.45, 7) is 5.35. The van der Waals surface area contributed by atoms with Crippen molar-refractivity contribution in [2.24, 2.45) is 0 Å². The van der Waals surface area contributed by atoms with Crippen LogP contribution in [0.25, 0.3) is 0 Å². The van der Waals surface area contributed by atoms with Crippen molar-refractivity contribution in [1.82, 2.24) is 10.3 Å². The molecule has 0 amide bonds. The molecule has 0 aliphatic heterocycles. The third-order valence-corrected chi connectivity index (χ3v) is 3.46. The van der Waals surface area contributed by atoms with E-state index >= 15 is 0 Å². The van der Waals surface area contributed by atoms with Crippen LogP contribution in [0.2, 0.25) is 0 Å². The van der Waals surface area contributed by atoms with Gasteiger partial charge in [0.2, 0.25) is 0 Å². The van der Waals surface area contributed by atoms with Crippen LogP contribution < -0.4 is 5.32 Å². The van der Waals surface area contributed by atoms with Gasteiger partial charge in [0.1, 0.15) is 0 Å². The van der Waals surface area contributed by atoms with Crippen LogP contribution in [-0.4, -0.2) is 10.5 Å². The fourth-order valence-corrected chi connectivity index (χ4v) is 1.87. The van der Waals surface area contributed by atoms with Crippen molar-refractivity contribution in [1.29, 1.82) is 0 Å². The first-order valence-corrected chi connectivity index (χ1v) is 5.22. The minimum Gasteiger partial charge on any atom is -0.307 e. The van der Waals surface area contributed by atoms with Gasteiger partial charge in [-0.25, -0.2) is 4.98 Å². The Hall–Kier alpha value is -0.410. The minimum absolute atomic E-state index is 0.441. The molecule has 1 N–H and O–H groups in total. The van der Waals surface area contributed by atoms with Crippen molar-refractivity contribution in [2.45, 2.75) is 38.8 Å². The topological polar surface area (TPSA) is 24.9 Å². The average Bonchev–Trinajstić information content (AvgIpc) is 2.61. The largest absolute Gasteiger partial charge is 0.307 e. The number of hydrogen-bond acceptors (Lipinski definition) is 3. The Bertz CT molecular complexity index is 276. The highest BCUT2D eigenvalue weighted by Gasteiger charge is 2.36. The van der Waals surface area contributed by atoms with Gasteiger partial charge in [-0.05, 0) is 26.7 Å². The van der Waals surface area contributed by atoms with E-state index in [2.05, 4.69) is 24.1 Å². The van der Waals surface area contributed by atoms with Crippen molar-refractivity contribution in [3.05, 3.63) is 16.1 Å². The molecule has 1 aromatic heterocycles. The fourth-order valence-electron chi connectivity index (χ4n) is 1.15. The zero-order valence-electron chi connectivity index (χ0n) is 7.55. The van der Waals surface area contributed by atoms with Crippen LogP contribution in [0.15, 0.2) is 5.51 Å². The van der Waals surface area contributed by atoms with E-state index in [9.17, 15) is 0 Å². The molecule has 1 aliphatic carbocycles. The third-order valence-electron chi connectivity index (χ3n) is 2.52. The molecule has 2 rings (SSSR count). The fraction of sp³-hybridized carbons (Fsp3) is 0.667. The van der Waals surface area contributed by atoms with E-state index in [0.717, 1.165) is 6.54 Å². The van der Waals surface area contributed by atoms with Gasteiger partial charge < -0.3 is 5.32 Å². The standard InChI is InChI=1S/C9H14N2S/c1-7-8(12-6-10-7)5-11-9(2)3-4-9/h6,11H,3-5H2,1-2H3. The van der Waals surface area contributed by atoms with Gasteiger partial charge in [-0.1, -0.05) is 0 Å². The second-order valence-corrected chi connectivity index (χ2v) is 4.71. The first kappa shape index (κ1) is 8.20. The number of hydrogen-bond donors (Lipinski definition) is 1. The highest BCUT2D eigenvalue weighted by molar-refractivity contribution is 7.09. The van der Waals surface area contributed by atoms with Crippen LogP contribution in [0.3, 0.4) is 0 Å². The monoisotopic (exact) mass is 182 g/mol. The van der Waals surface area contributed by atoms with Gasteiger partial charge in [-0.2, -0.15) is 0 Å². The molecule has 12 heavy (non-hydrogen) atoms. The molecule has 0 spiro atoms. The lowest BCUT2D eigenvalue weighted by atomic mass is 10.3. The Balaban J connectivity index is 1.91. The summed E-state index contributed by atoms with van der Waals surface area (Å²) in [5.74, 6) is 0. The maximum atomic E-state index is 4.22. The van der Waals surface area contributed by atoms with E-state index < -0.39 is 0 Å². The predicted octanol–water partition coefficient (Wildman–Crippen LogP) is 2.09. The van der Waals surface area contributed by atoms with Gasteiger partial charge in [0.15, 0.2) is 0 Å². The summed E-state index contributed by atoms with van der Waals surface area (Å²) >= 11 is 1.74. The first-order valence-electron chi connectivity index (χ1n) is 4.34. The quantitative estimate of drug-likeness (QED) is 0.774. The molecule has 3 heteroatoms. The molecular weight excluding hydrogens is 168 g/mol. The summed E-state index contributed by atoms with van der Waals surface area (Å²) in [4.78, 5) is 5.59. The second kappa shape index (κ2) is 2.82. The van der Waals surface area contributed by atoms with Crippen LogP contribution in [0, 0.1) is 6.92 Å². The van der Waals surface area contributed by atoms with Crippen molar-refractivity contribution in [2.75, 3.05) is 0 Å². The van der Waals surface area contributed by atoms with Crippen LogP contribution in [0.4, 0.5) is 0 Å². The van der Waals surface area contributed by atoms with Gasteiger partial charge in [0, 0.05) is 17.0 Å². The number of nitrogens with zero attached hydrogens (tertiary/aromatic N) is 1. The molecule has 1 saturated carbocycles. The lowest BCUT2D eigenvalue weighted by molar-refractivity contribution is 0.540. The summed E-state index contributed by atoms with van der Waals surface area (Å²) in [5.41, 5.74) is 3.54. The molecule has 0 radical (unpaired) electrons. The molecular formula is C9H14N2S. The number of aromatic nitrogens is 1. The summed E-state index contributed by atoms with van der Waals surface area (Å²) in [6.07, 6.45) is 2.65. The molecule has 0 unspecified atom stereocenters. The van der Waals surface area contributed by atoms with E-state index in [1.54, 1.807) is 11.3 Å². The normalized spacial score (nSPS) is 19.5. The lowest BCUT2D eigenvalue weighted by Crippen LogP contribution is -2.26. The minimum atomic E-state index is 0.441. The molecule has 0 saturated heterocycles. The predicted molar refractivity (Wildman–Crippen MR) is 51.3 cm³/mol. The molecule has 1 aromatic rings. The van der Waals surface area contributed by atoms with E-state index in [1.165, 1.54) is 23.4 Å². The van der Waals surface area contributed by atoms with E-state index in [0.29, 0.717) is 5.54 Å². The van der Waals surface area contributed by atoms with Crippen LogP contribution in [0.1, 0.15) is 30.3 Å². The van der Waals surface area contributed by atoms with E-state index in [-0.39, 0.29) is 0 Å². The van der Waals surface area contributed by atoms with Gasteiger partial charge in [-0.3, -0.25) is 0 Å². The number of aryl methyl sites for hydroxylation is 1. The Labute approximate surface area is 77.0 Å². The number of rotatable bonds is 3. The van der Waals surface area contributed by atoms with Crippen LogP contribution in [0.5, 0.6) is 0 Å². The molecule has 2 nitrogen and oxygen atoms in total. The summed E-state index contributed by atoms with van der Waals surface area (Å²) in [5, 5.41) is 3.55. The van der Waals surface area contributed by atoms with Crippen LogP contribution >= 0.6 is 11.3 Å². The molecule has 1 fully saturated rings. The Morgan fingerprint density at radius 1 is 1.67 bits per heavy atom. The molecule has 1 aliphatic rings. The van der Waals surface area contributed by atoms with Crippen LogP contribution in [-0.2, 0) is 6.54 Å². The zero-order valence-corrected chi connectivity index (χ0v) is 8.37. The van der Waals surface area contributed by atoms with Crippen molar-refractivity contribution in [3.8, 4) is 0 Å². The first-order chi connectivity index (χ1) is 5.70.